The lowest BCUT2D eigenvalue weighted by Gasteiger charge is -2.24. The highest BCUT2D eigenvalue weighted by atomic mass is 16.5. The molecule has 2 aromatic carbocycles. The van der Waals surface area contributed by atoms with Crippen molar-refractivity contribution in [2.45, 2.75) is 12.5 Å². The molecule has 25 heavy (non-hydrogen) atoms. The fourth-order valence-corrected chi connectivity index (χ4v) is 3.10. The largest absolute Gasteiger partial charge is 0.497 e. The SMILES string of the molecule is COc1ccc([C@@H]2CC(c3ccccn3)=NN2c2ccccc2)cc1. The third-order valence-corrected chi connectivity index (χ3v) is 4.39. The monoisotopic (exact) mass is 329 g/mol. The molecule has 3 aromatic rings. The summed E-state index contributed by atoms with van der Waals surface area (Å²) in [4.78, 5) is 4.47. The lowest BCUT2D eigenvalue weighted by atomic mass is 10.00. The van der Waals surface area contributed by atoms with Gasteiger partial charge >= 0.3 is 0 Å². The number of hydrogen-bond acceptors (Lipinski definition) is 4. The molecule has 4 heteroatoms. The van der Waals surface area contributed by atoms with Gasteiger partial charge in [-0.15, -0.1) is 0 Å². The normalized spacial score (nSPS) is 16.6. The van der Waals surface area contributed by atoms with Gasteiger partial charge in [0.15, 0.2) is 0 Å². The van der Waals surface area contributed by atoms with Gasteiger partial charge in [0.1, 0.15) is 5.75 Å². The second kappa shape index (κ2) is 6.77. The molecule has 4 rings (SSSR count). The number of hydrogen-bond donors (Lipinski definition) is 0. The zero-order valence-electron chi connectivity index (χ0n) is 14.0. The standard InChI is InChI=1S/C21H19N3O/c1-25-18-12-10-16(11-13-18)21-15-20(19-9-5-6-14-22-19)23-24(21)17-7-3-2-4-8-17/h2-14,21H,15H2,1H3/t21-/m0/s1. The van der Waals surface area contributed by atoms with Gasteiger partial charge in [-0.25, -0.2) is 0 Å². The molecule has 0 N–H and O–H groups in total. The number of para-hydroxylation sites is 1. The molecule has 0 spiro atoms. The predicted octanol–water partition coefficient (Wildman–Crippen LogP) is 4.45. The smallest absolute Gasteiger partial charge is 0.118 e. The van der Waals surface area contributed by atoms with Gasteiger partial charge in [-0.3, -0.25) is 9.99 Å². The maximum absolute atomic E-state index is 5.28. The molecule has 1 aromatic heterocycles. The van der Waals surface area contributed by atoms with Crippen LogP contribution in [0.3, 0.4) is 0 Å². The fraction of sp³-hybridized carbons (Fsp3) is 0.143. The van der Waals surface area contributed by atoms with E-state index in [0.29, 0.717) is 0 Å². The quantitative estimate of drug-likeness (QED) is 0.710. The molecule has 1 aliphatic heterocycles. The summed E-state index contributed by atoms with van der Waals surface area (Å²) >= 11 is 0. The molecule has 0 amide bonds. The molecule has 0 saturated heterocycles. The summed E-state index contributed by atoms with van der Waals surface area (Å²) in [6.45, 7) is 0. The summed E-state index contributed by atoms with van der Waals surface area (Å²) in [6.07, 6.45) is 2.63. The van der Waals surface area contributed by atoms with Gasteiger partial charge in [-0.2, -0.15) is 5.10 Å². The van der Waals surface area contributed by atoms with E-state index in [4.69, 9.17) is 9.84 Å². The summed E-state index contributed by atoms with van der Waals surface area (Å²) in [5.74, 6) is 0.860. The summed E-state index contributed by atoms with van der Waals surface area (Å²) in [5.41, 5.74) is 4.22. The van der Waals surface area contributed by atoms with Crippen LogP contribution in [0.1, 0.15) is 23.7 Å². The second-order valence-corrected chi connectivity index (χ2v) is 5.93. The van der Waals surface area contributed by atoms with Gasteiger partial charge in [0.2, 0.25) is 0 Å². The predicted molar refractivity (Wildman–Crippen MR) is 100 cm³/mol. The molecule has 0 unspecified atom stereocenters. The van der Waals surface area contributed by atoms with Crippen LogP contribution in [0.2, 0.25) is 0 Å². The molecule has 1 atom stereocenters. The number of hydrazone groups is 1. The molecule has 0 aliphatic carbocycles. The number of methoxy groups -OCH3 is 1. The minimum atomic E-state index is 0.144. The fourth-order valence-electron chi connectivity index (χ4n) is 3.10. The number of pyridine rings is 1. The van der Waals surface area contributed by atoms with Gasteiger partial charge in [0.25, 0.3) is 0 Å². The average molecular weight is 329 g/mol. The Morgan fingerprint density at radius 3 is 2.36 bits per heavy atom. The van der Waals surface area contributed by atoms with Crippen LogP contribution in [0, 0.1) is 0 Å². The van der Waals surface area contributed by atoms with E-state index >= 15 is 0 Å². The van der Waals surface area contributed by atoms with E-state index in [9.17, 15) is 0 Å². The van der Waals surface area contributed by atoms with E-state index in [-0.39, 0.29) is 6.04 Å². The third kappa shape index (κ3) is 3.11. The van der Waals surface area contributed by atoms with Crippen molar-refractivity contribution >= 4 is 11.4 Å². The molecule has 1 aliphatic rings. The van der Waals surface area contributed by atoms with Crippen molar-refractivity contribution < 1.29 is 4.74 Å². The van der Waals surface area contributed by atoms with E-state index in [2.05, 4.69) is 34.3 Å². The first kappa shape index (κ1) is 15.4. The van der Waals surface area contributed by atoms with E-state index in [0.717, 1.165) is 29.3 Å². The summed E-state index contributed by atoms with van der Waals surface area (Å²) in [7, 11) is 1.68. The highest BCUT2D eigenvalue weighted by Crippen LogP contribution is 2.36. The van der Waals surface area contributed by atoms with Gasteiger partial charge in [-0.1, -0.05) is 36.4 Å². The van der Waals surface area contributed by atoms with Gasteiger partial charge in [-0.05, 0) is 42.0 Å². The van der Waals surface area contributed by atoms with Gasteiger partial charge in [0.05, 0.1) is 30.2 Å². The highest BCUT2D eigenvalue weighted by molar-refractivity contribution is 6.01. The van der Waals surface area contributed by atoms with Gasteiger partial charge in [0, 0.05) is 12.6 Å². The lowest BCUT2D eigenvalue weighted by molar-refractivity contribution is 0.414. The van der Waals surface area contributed by atoms with E-state index in [1.54, 1.807) is 7.11 Å². The Kier molecular flexibility index (Phi) is 4.17. The molecule has 2 heterocycles. The summed E-state index contributed by atoms with van der Waals surface area (Å²) < 4.78 is 5.28. The Morgan fingerprint density at radius 2 is 1.68 bits per heavy atom. The van der Waals surface area contributed by atoms with Crippen LogP contribution in [-0.4, -0.2) is 17.8 Å². The zero-order valence-corrected chi connectivity index (χ0v) is 14.0. The summed E-state index contributed by atoms with van der Waals surface area (Å²) in [5, 5.41) is 6.97. The minimum Gasteiger partial charge on any atom is -0.497 e. The minimum absolute atomic E-state index is 0.144. The second-order valence-electron chi connectivity index (χ2n) is 5.93. The van der Waals surface area contributed by atoms with Gasteiger partial charge < -0.3 is 4.74 Å². The number of nitrogens with zero attached hydrogens (tertiary/aromatic N) is 3. The van der Waals surface area contributed by atoms with Crippen LogP contribution in [-0.2, 0) is 0 Å². The Balaban J connectivity index is 1.72. The average Bonchev–Trinajstić information content (AvgIpc) is 3.15. The van der Waals surface area contributed by atoms with Crippen LogP contribution >= 0.6 is 0 Å². The van der Waals surface area contributed by atoms with E-state index in [1.165, 1.54) is 5.56 Å². The topological polar surface area (TPSA) is 37.7 Å². The lowest BCUT2D eigenvalue weighted by Crippen LogP contribution is -2.18. The Hall–Kier alpha value is -3.14. The van der Waals surface area contributed by atoms with Crippen LogP contribution in [0.25, 0.3) is 0 Å². The van der Waals surface area contributed by atoms with Crippen molar-refractivity contribution in [2.24, 2.45) is 5.10 Å². The number of ether oxygens (including phenoxy) is 1. The van der Waals surface area contributed by atoms with Crippen LogP contribution in [0.5, 0.6) is 5.75 Å². The van der Waals surface area contributed by atoms with Crippen LogP contribution < -0.4 is 9.75 Å². The molecule has 0 radical (unpaired) electrons. The van der Waals surface area contributed by atoms with Crippen molar-refractivity contribution in [2.75, 3.05) is 12.1 Å². The van der Waals surface area contributed by atoms with E-state index < -0.39 is 0 Å². The van der Waals surface area contributed by atoms with Crippen molar-refractivity contribution in [3.05, 3.63) is 90.3 Å². The molecule has 124 valence electrons. The van der Waals surface area contributed by atoms with Crippen LogP contribution in [0.4, 0.5) is 5.69 Å². The number of anilines is 1. The van der Waals surface area contributed by atoms with Crippen molar-refractivity contribution in [1.29, 1.82) is 0 Å². The van der Waals surface area contributed by atoms with Crippen molar-refractivity contribution in [3.8, 4) is 5.75 Å². The Labute approximate surface area is 147 Å². The third-order valence-electron chi connectivity index (χ3n) is 4.39. The maximum atomic E-state index is 5.28. The number of aromatic nitrogens is 1. The molecular formula is C21H19N3O. The first-order chi connectivity index (χ1) is 12.3. The zero-order chi connectivity index (χ0) is 17.1. The molecule has 0 bridgehead atoms. The Morgan fingerprint density at radius 1 is 0.920 bits per heavy atom. The summed E-state index contributed by atoms with van der Waals surface area (Å²) in [6, 6.07) is 24.6. The highest BCUT2D eigenvalue weighted by Gasteiger charge is 2.30. The number of rotatable bonds is 4. The molecule has 0 fully saturated rings. The van der Waals surface area contributed by atoms with Crippen molar-refractivity contribution in [1.82, 2.24) is 4.98 Å². The number of benzene rings is 2. The molecule has 0 saturated carbocycles. The first-order valence-electron chi connectivity index (χ1n) is 8.32. The Bertz CT molecular complexity index is 861. The van der Waals surface area contributed by atoms with Crippen LogP contribution in [0.15, 0.2) is 84.1 Å². The van der Waals surface area contributed by atoms with Crippen molar-refractivity contribution in [3.63, 3.8) is 0 Å². The van der Waals surface area contributed by atoms with E-state index in [1.807, 2.05) is 54.7 Å². The first-order valence-corrected chi connectivity index (χ1v) is 8.32. The maximum Gasteiger partial charge on any atom is 0.118 e. The molecule has 4 nitrogen and oxygen atoms in total. The molecular weight excluding hydrogens is 310 g/mol.